The second-order valence-corrected chi connectivity index (χ2v) is 8.52. The first-order chi connectivity index (χ1) is 15.1. The number of rotatable bonds is 3. The molecule has 3 aliphatic rings. The SMILES string of the molecule is C=C1C2=C(NCCCO2)c2cc(Nc3nc(N4CCCCC4)ncc3Cl)ccc2N1C. The van der Waals surface area contributed by atoms with Crippen LogP contribution in [0.5, 0.6) is 0 Å². The third kappa shape index (κ3) is 3.78. The summed E-state index contributed by atoms with van der Waals surface area (Å²) < 4.78 is 6.01. The normalized spacial score (nSPS) is 18.6. The average Bonchev–Trinajstić information content (AvgIpc) is 3.06. The van der Waals surface area contributed by atoms with Crippen molar-refractivity contribution in [2.75, 3.05) is 48.4 Å². The zero-order valence-corrected chi connectivity index (χ0v) is 18.5. The van der Waals surface area contributed by atoms with Gasteiger partial charge in [-0.1, -0.05) is 18.2 Å². The van der Waals surface area contributed by atoms with Gasteiger partial charge < -0.3 is 25.2 Å². The number of halogens is 1. The Balaban J connectivity index is 1.48. The van der Waals surface area contributed by atoms with Crippen molar-refractivity contribution in [2.45, 2.75) is 25.7 Å². The van der Waals surface area contributed by atoms with Gasteiger partial charge in [-0.3, -0.25) is 0 Å². The van der Waals surface area contributed by atoms with E-state index in [2.05, 4.69) is 44.1 Å². The van der Waals surface area contributed by atoms with Gasteiger partial charge in [0.1, 0.15) is 5.02 Å². The molecule has 1 aromatic heterocycles. The number of nitrogens with zero attached hydrogens (tertiary/aromatic N) is 4. The number of nitrogens with one attached hydrogen (secondary N) is 2. The molecule has 7 nitrogen and oxygen atoms in total. The number of aromatic nitrogens is 2. The van der Waals surface area contributed by atoms with Gasteiger partial charge in [-0.2, -0.15) is 4.98 Å². The average molecular weight is 439 g/mol. The van der Waals surface area contributed by atoms with E-state index in [4.69, 9.17) is 21.3 Å². The minimum atomic E-state index is 0.500. The summed E-state index contributed by atoms with van der Waals surface area (Å²) in [5, 5.41) is 7.42. The quantitative estimate of drug-likeness (QED) is 0.731. The number of likely N-dealkylation sites (N-methyl/N-ethyl adjacent to an activating group) is 1. The van der Waals surface area contributed by atoms with Gasteiger partial charge in [-0.05, 0) is 43.9 Å². The maximum Gasteiger partial charge on any atom is 0.227 e. The first kappa shape index (κ1) is 20.0. The Kier molecular flexibility index (Phi) is 5.36. The van der Waals surface area contributed by atoms with Crippen molar-refractivity contribution in [3.05, 3.63) is 53.0 Å². The van der Waals surface area contributed by atoms with Gasteiger partial charge in [0.25, 0.3) is 0 Å². The minimum absolute atomic E-state index is 0.500. The number of benzene rings is 1. The van der Waals surface area contributed by atoms with Crippen molar-refractivity contribution < 1.29 is 4.74 Å². The summed E-state index contributed by atoms with van der Waals surface area (Å²) in [7, 11) is 2.01. The van der Waals surface area contributed by atoms with Crippen LogP contribution in [0.25, 0.3) is 5.70 Å². The van der Waals surface area contributed by atoms with Gasteiger partial charge in [0.2, 0.25) is 5.95 Å². The van der Waals surface area contributed by atoms with E-state index >= 15 is 0 Å². The van der Waals surface area contributed by atoms with Crippen LogP contribution < -0.4 is 20.4 Å². The van der Waals surface area contributed by atoms with E-state index in [1.807, 2.05) is 13.1 Å². The molecule has 1 aromatic carbocycles. The molecule has 1 saturated heterocycles. The van der Waals surface area contributed by atoms with Crippen molar-refractivity contribution in [2.24, 2.45) is 0 Å². The van der Waals surface area contributed by atoms with Crippen LogP contribution in [0.2, 0.25) is 5.02 Å². The van der Waals surface area contributed by atoms with E-state index in [0.717, 1.165) is 66.1 Å². The zero-order valence-electron chi connectivity index (χ0n) is 17.7. The first-order valence-corrected chi connectivity index (χ1v) is 11.2. The third-order valence-electron chi connectivity index (χ3n) is 6.02. The molecule has 8 heteroatoms. The largest absolute Gasteiger partial charge is 0.489 e. The third-order valence-corrected chi connectivity index (χ3v) is 6.30. The predicted molar refractivity (Wildman–Crippen MR) is 126 cm³/mol. The Morgan fingerprint density at radius 3 is 2.87 bits per heavy atom. The van der Waals surface area contributed by atoms with Crippen LogP contribution in [-0.4, -0.2) is 43.3 Å². The molecule has 4 heterocycles. The van der Waals surface area contributed by atoms with E-state index in [9.17, 15) is 0 Å². The highest BCUT2D eigenvalue weighted by Crippen LogP contribution is 2.40. The molecule has 162 valence electrons. The van der Waals surface area contributed by atoms with Crippen molar-refractivity contribution in [1.82, 2.24) is 15.3 Å². The molecule has 5 rings (SSSR count). The van der Waals surface area contributed by atoms with Gasteiger partial charge in [-0.25, -0.2) is 4.98 Å². The fourth-order valence-corrected chi connectivity index (χ4v) is 4.43. The molecule has 0 amide bonds. The number of ether oxygens (including phenoxy) is 1. The Labute approximate surface area is 187 Å². The van der Waals surface area contributed by atoms with E-state index in [1.54, 1.807) is 6.20 Å². The van der Waals surface area contributed by atoms with Crippen LogP contribution in [-0.2, 0) is 4.74 Å². The maximum atomic E-state index is 6.44. The Morgan fingerprint density at radius 2 is 2.03 bits per heavy atom. The second kappa shape index (κ2) is 8.30. The summed E-state index contributed by atoms with van der Waals surface area (Å²) in [6.07, 6.45) is 6.24. The molecule has 0 spiro atoms. The summed E-state index contributed by atoms with van der Waals surface area (Å²) >= 11 is 6.44. The Bertz CT molecular complexity index is 1050. The van der Waals surface area contributed by atoms with Gasteiger partial charge in [0.05, 0.1) is 29.9 Å². The van der Waals surface area contributed by atoms with Crippen molar-refractivity contribution in [1.29, 1.82) is 0 Å². The highest BCUT2D eigenvalue weighted by Gasteiger charge is 2.28. The molecule has 3 aliphatic heterocycles. The van der Waals surface area contributed by atoms with Gasteiger partial charge in [-0.15, -0.1) is 0 Å². The number of piperidine rings is 1. The predicted octanol–water partition coefficient (Wildman–Crippen LogP) is 4.51. The first-order valence-electron chi connectivity index (χ1n) is 10.8. The lowest BCUT2D eigenvalue weighted by molar-refractivity contribution is 0.223. The molecule has 2 aromatic rings. The molecule has 0 unspecified atom stereocenters. The number of hydrogen-bond acceptors (Lipinski definition) is 7. The Morgan fingerprint density at radius 1 is 1.19 bits per heavy atom. The minimum Gasteiger partial charge on any atom is -0.489 e. The summed E-state index contributed by atoms with van der Waals surface area (Å²) in [6.45, 7) is 7.74. The molecule has 31 heavy (non-hydrogen) atoms. The summed E-state index contributed by atoms with van der Waals surface area (Å²) in [6, 6.07) is 6.22. The van der Waals surface area contributed by atoms with Crippen LogP contribution in [0.3, 0.4) is 0 Å². The van der Waals surface area contributed by atoms with Crippen molar-refractivity contribution in [3.8, 4) is 0 Å². The number of fused-ring (bicyclic) bond motifs is 2. The van der Waals surface area contributed by atoms with Crippen molar-refractivity contribution >= 4 is 40.4 Å². The Hall–Kier alpha value is -2.93. The highest BCUT2D eigenvalue weighted by molar-refractivity contribution is 6.32. The van der Waals surface area contributed by atoms with Crippen LogP contribution >= 0.6 is 11.6 Å². The molecular formula is C23H27ClN6O. The fraction of sp³-hybridized carbons (Fsp3) is 0.391. The van der Waals surface area contributed by atoms with Crippen LogP contribution in [0.1, 0.15) is 31.2 Å². The van der Waals surface area contributed by atoms with Gasteiger partial charge >= 0.3 is 0 Å². The standard InChI is InChI=1S/C23H27ClN6O/c1-15-21-20(25-9-6-12-31-21)17-13-16(7-8-19(17)29(15)2)27-22-18(24)14-26-23(28-22)30-10-4-3-5-11-30/h7-8,13-14,25H,1,3-6,9-12H2,2H3,(H,26,27,28). The molecule has 0 atom stereocenters. The van der Waals surface area contributed by atoms with E-state index < -0.39 is 0 Å². The molecule has 0 aliphatic carbocycles. The monoisotopic (exact) mass is 438 g/mol. The number of hydrogen-bond donors (Lipinski definition) is 2. The lowest BCUT2D eigenvalue weighted by Crippen LogP contribution is -2.31. The molecule has 0 radical (unpaired) electrons. The summed E-state index contributed by atoms with van der Waals surface area (Å²) in [5.74, 6) is 2.16. The molecule has 0 saturated carbocycles. The molecule has 1 fully saturated rings. The lowest BCUT2D eigenvalue weighted by atomic mass is 10.0. The molecule has 2 N–H and O–H groups in total. The second-order valence-electron chi connectivity index (χ2n) is 8.11. The molecular weight excluding hydrogens is 412 g/mol. The van der Waals surface area contributed by atoms with E-state index in [0.29, 0.717) is 17.4 Å². The lowest BCUT2D eigenvalue weighted by Gasteiger charge is -2.32. The number of anilines is 4. The van der Waals surface area contributed by atoms with Crippen LogP contribution in [0, 0.1) is 0 Å². The zero-order chi connectivity index (χ0) is 21.4. The fourth-order valence-electron chi connectivity index (χ4n) is 4.29. The van der Waals surface area contributed by atoms with E-state index in [1.165, 1.54) is 19.3 Å². The maximum absolute atomic E-state index is 6.44. The summed E-state index contributed by atoms with van der Waals surface area (Å²) in [4.78, 5) is 13.5. The van der Waals surface area contributed by atoms with Gasteiger partial charge in [0, 0.05) is 37.9 Å². The van der Waals surface area contributed by atoms with Crippen LogP contribution in [0.4, 0.5) is 23.1 Å². The van der Waals surface area contributed by atoms with Crippen molar-refractivity contribution in [3.63, 3.8) is 0 Å². The smallest absolute Gasteiger partial charge is 0.227 e. The van der Waals surface area contributed by atoms with E-state index in [-0.39, 0.29) is 0 Å². The highest BCUT2D eigenvalue weighted by atomic mass is 35.5. The van der Waals surface area contributed by atoms with Gasteiger partial charge in [0.15, 0.2) is 11.6 Å². The summed E-state index contributed by atoms with van der Waals surface area (Å²) in [5.41, 5.74) is 4.90. The van der Waals surface area contributed by atoms with Crippen LogP contribution in [0.15, 0.2) is 42.4 Å². The topological polar surface area (TPSA) is 65.5 Å². The molecule has 0 bridgehead atoms.